The lowest BCUT2D eigenvalue weighted by Crippen LogP contribution is -2.50. The fraction of sp³-hybridized carbons (Fsp3) is 0.407. The number of aromatic carboxylic acids is 1. The zero-order chi connectivity index (χ0) is 28.2. The fourth-order valence-corrected chi connectivity index (χ4v) is 8.08. The van der Waals surface area contributed by atoms with Gasteiger partial charge in [-0.2, -0.15) is 12.7 Å². The topological polar surface area (TPSA) is 122 Å². The van der Waals surface area contributed by atoms with Gasteiger partial charge >= 0.3 is 16.2 Å². The first-order chi connectivity index (χ1) is 19.1. The van der Waals surface area contributed by atoms with Crippen molar-refractivity contribution in [3.05, 3.63) is 69.1 Å². The van der Waals surface area contributed by atoms with Crippen molar-refractivity contribution < 1.29 is 32.0 Å². The van der Waals surface area contributed by atoms with Gasteiger partial charge in [0.05, 0.1) is 34.0 Å². The largest absolute Gasteiger partial charge is 0.478 e. The molecular weight excluding hydrogens is 584 g/mol. The summed E-state index contributed by atoms with van der Waals surface area (Å²) in [6, 6.07) is 7.68. The van der Waals surface area contributed by atoms with Gasteiger partial charge in [-0.3, -0.25) is 4.72 Å². The second kappa shape index (κ2) is 10.6. The van der Waals surface area contributed by atoms with Crippen molar-refractivity contribution in [2.45, 2.75) is 69.2 Å². The molecule has 0 radical (unpaired) electrons. The van der Waals surface area contributed by atoms with E-state index in [4.69, 9.17) is 37.6 Å². The number of aromatic nitrogens is 1. The molecule has 1 unspecified atom stereocenters. The van der Waals surface area contributed by atoms with Crippen LogP contribution in [-0.2, 0) is 21.6 Å². The van der Waals surface area contributed by atoms with Gasteiger partial charge < -0.3 is 14.4 Å². The van der Waals surface area contributed by atoms with Gasteiger partial charge in [0.2, 0.25) is 0 Å². The molecule has 9 nitrogen and oxygen atoms in total. The maximum absolute atomic E-state index is 14.5. The van der Waals surface area contributed by atoms with Gasteiger partial charge in [-0.15, -0.1) is 0 Å². The summed E-state index contributed by atoms with van der Waals surface area (Å²) in [6.45, 7) is 0.225. The Balaban J connectivity index is 1.17. The molecule has 1 aromatic heterocycles. The van der Waals surface area contributed by atoms with Crippen LogP contribution >= 0.6 is 23.2 Å². The van der Waals surface area contributed by atoms with Crippen molar-refractivity contribution >= 4 is 45.1 Å². The summed E-state index contributed by atoms with van der Waals surface area (Å²) >= 11 is 12.9. The van der Waals surface area contributed by atoms with Crippen molar-refractivity contribution in [1.82, 2.24) is 9.46 Å². The van der Waals surface area contributed by atoms with Crippen molar-refractivity contribution in [3.63, 3.8) is 0 Å². The van der Waals surface area contributed by atoms with Crippen LogP contribution in [0.25, 0.3) is 11.3 Å². The molecule has 3 aromatic rings. The molecule has 40 heavy (non-hydrogen) atoms. The smallest absolute Gasteiger partial charge is 0.335 e. The lowest BCUT2D eigenvalue weighted by molar-refractivity contribution is -0.00840. The van der Waals surface area contributed by atoms with Crippen molar-refractivity contribution in [3.8, 4) is 11.3 Å². The van der Waals surface area contributed by atoms with Crippen molar-refractivity contribution in [2.24, 2.45) is 0 Å². The van der Waals surface area contributed by atoms with Gasteiger partial charge in [-0.25, -0.2) is 9.18 Å². The summed E-state index contributed by atoms with van der Waals surface area (Å²) in [6.07, 6.45) is 4.08. The predicted molar refractivity (Wildman–Crippen MR) is 146 cm³/mol. The average Bonchev–Trinajstić information content (AvgIpc) is 3.60. The van der Waals surface area contributed by atoms with Crippen LogP contribution in [0.15, 0.2) is 40.9 Å². The van der Waals surface area contributed by atoms with E-state index < -0.39 is 22.0 Å². The Morgan fingerprint density at radius 2 is 1.80 bits per heavy atom. The van der Waals surface area contributed by atoms with Crippen LogP contribution in [0, 0.1) is 5.82 Å². The average molecular weight is 610 g/mol. The normalized spacial score (nSPS) is 22.9. The first kappa shape index (κ1) is 27.5. The minimum absolute atomic E-state index is 0.202. The highest BCUT2D eigenvalue weighted by atomic mass is 35.5. The van der Waals surface area contributed by atoms with E-state index in [9.17, 15) is 17.6 Å². The zero-order valence-electron chi connectivity index (χ0n) is 21.1. The number of nitrogens with zero attached hydrogens (tertiary/aromatic N) is 2. The first-order valence-corrected chi connectivity index (χ1v) is 15.2. The Hall–Kier alpha value is -2.70. The number of piperidine rings is 1. The summed E-state index contributed by atoms with van der Waals surface area (Å²) in [5, 5.41) is 14.3. The molecular formula is C27H26Cl2FN3O6S. The van der Waals surface area contributed by atoms with Gasteiger partial charge in [-0.1, -0.05) is 34.4 Å². The minimum Gasteiger partial charge on any atom is -0.478 e. The van der Waals surface area contributed by atoms with Crippen LogP contribution in [0.5, 0.6) is 0 Å². The summed E-state index contributed by atoms with van der Waals surface area (Å²) in [7, 11) is -4.09. The molecule has 1 aliphatic carbocycles. The number of carbonyl (C=O) groups is 1. The molecule has 13 heteroatoms. The molecule has 2 N–H and O–H groups in total. The number of carboxylic acid groups (broad SMARTS) is 1. The number of ether oxygens (including phenoxy) is 1. The van der Waals surface area contributed by atoms with Gasteiger partial charge in [0.15, 0.2) is 0 Å². The van der Waals surface area contributed by atoms with E-state index in [1.54, 1.807) is 18.2 Å². The summed E-state index contributed by atoms with van der Waals surface area (Å²) in [5.74, 6) is -1.20. The number of benzene rings is 2. The lowest BCUT2D eigenvalue weighted by atomic mass is 10.0. The first-order valence-electron chi connectivity index (χ1n) is 13.0. The van der Waals surface area contributed by atoms with E-state index in [1.807, 2.05) is 0 Å². The quantitative estimate of drug-likeness (QED) is 0.295. The number of halogens is 3. The molecule has 1 saturated carbocycles. The summed E-state index contributed by atoms with van der Waals surface area (Å²) in [4.78, 5) is 11.1. The van der Waals surface area contributed by atoms with E-state index in [1.165, 1.54) is 4.31 Å². The Morgan fingerprint density at radius 3 is 2.40 bits per heavy atom. The Bertz CT molecular complexity index is 1540. The molecule has 6 rings (SSSR count). The van der Waals surface area contributed by atoms with Crippen molar-refractivity contribution in [1.29, 1.82) is 0 Å². The predicted octanol–water partition coefficient (Wildman–Crippen LogP) is 6.23. The standard InChI is InChI=1S/C27H26Cl2FN3O6S/c28-20-2-1-3-21(29)24(20)25-19(26(39-31-25)14-4-5-14)13-38-18-11-16-7-8-17(12-18)33(16)40(36,37)32-23-9-6-15(27(34)35)10-22(23)30/h1-3,6,9-10,14,16-18,32H,4-5,7-8,11-13H2,(H,34,35)/t16-,17+,18?. The highest BCUT2D eigenvalue weighted by Gasteiger charge is 2.47. The maximum atomic E-state index is 14.5. The number of anilines is 1. The molecule has 3 atom stereocenters. The van der Waals surface area contributed by atoms with Gasteiger partial charge in [0.25, 0.3) is 0 Å². The second-order valence-corrected chi connectivity index (χ2v) is 12.9. The molecule has 3 heterocycles. The van der Waals surface area contributed by atoms with E-state index in [-0.39, 0.29) is 42.0 Å². The van der Waals surface area contributed by atoms with Crippen molar-refractivity contribution in [2.75, 3.05) is 4.72 Å². The number of nitrogens with one attached hydrogen (secondary N) is 1. The second-order valence-electron chi connectivity index (χ2n) is 10.5. The maximum Gasteiger partial charge on any atom is 0.335 e. The molecule has 3 fully saturated rings. The highest BCUT2D eigenvalue weighted by Crippen LogP contribution is 2.47. The Morgan fingerprint density at radius 1 is 1.12 bits per heavy atom. The molecule has 0 spiro atoms. The van der Waals surface area contributed by atoms with Gasteiger partial charge in [0, 0.05) is 29.1 Å². The van der Waals surface area contributed by atoms with Crippen LogP contribution in [0.2, 0.25) is 10.0 Å². The number of fused-ring (bicyclic) bond motifs is 2. The van der Waals surface area contributed by atoms with Crippen LogP contribution in [0.3, 0.4) is 0 Å². The monoisotopic (exact) mass is 609 g/mol. The van der Waals surface area contributed by atoms with Crippen LogP contribution in [0.4, 0.5) is 10.1 Å². The number of carboxylic acids is 1. The van der Waals surface area contributed by atoms with E-state index in [0.29, 0.717) is 47.0 Å². The third-order valence-corrected chi connectivity index (χ3v) is 10.0. The van der Waals surface area contributed by atoms with E-state index in [0.717, 1.165) is 42.4 Å². The van der Waals surface area contributed by atoms with Crippen LogP contribution in [-0.4, -0.2) is 47.1 Å². The number of hydrogen-bond donors (Lipinski definition) is 2. The fourth-order valence-electron chi connectivity index (χ4n) is 5.78. The van der Waals surface area contributed by atoms with Gasteiger partial charge in [-0.05, 0) is 68.9 Å². The SMILES string of the molecule is O=C(O)c1ccc(NS(=O)(=O)N2[C@@H]3CC[C@H]2CC(OCc2c(-c4c(Cl)cccc4Cl)noc2C2CC2)C3)c(F)c1. The Labute approximate surface area is 240 Å². The van der Waals surface area contributed by atoms with Crippen LogP contribution in [0.1, 0.15) is 66.1 Å². The molecule has 2 saturated heterocycles. The third kappa shape index (κ3) is 5.21. The number of rotatable bonds is 9. The number of hydrogen-bond acceptors (Lipinski definition) is 6. The third-order valence-electron chi connectivity index (χ3n) is 7.78. The van der Waals surface area contributed by atoms with Gasteiger partial charge in [0.1, 0.15) is 17.3 Å². The minimum atomic E-state index is -4.09. The molecule has 3 aliphatic rings. The molecule has 2 aromatic carbocycles. The Kier molecular flexibility index (Phi) is 7.28. The summed E-state index contributed by atoms with van der Waals surface area (Å²) < 4.78 is 56.8. The molecule has 0 amide bonds. The van der Waals surface area contributed by atoms with Crippen LogP contribution < -0.4 is 4.72 Å². The highest BCUT2D eigenvalue weighted by molar-refractivity contribution is 7.90. The van der Waals surface area contributed by atoms with E-state index in [2.05, 4.69) is 9.88 Å². The molecule has 2 aliphatic heterocycles. The molecule has 212 valence electrons. The summed E-state index contributed by atoms with van der Waals surface area (Å²) in [5.41, 5.74) is 1.39. The van der Waals surface area contributed by atoms with E-state index >= 15 is 0 Å². The zero-order valence-corrected chi connectivity index (χ0v) is 23.5. The molecule has 2 bridgehead atoms. The lowest BCUT2D eigenvalue weighted by Gasteiger charge is -2.37.